The quantitative estimate of drug-likeness (QED) is 0.251. The molecule has 2 bridgehead atoms. The first-order valence-electron chi connectivity index (χ1n) is 11.2. The van der Waals surface area contributed by atoms with E-state index in [2.05, 4.69) is 36.0 Å². The van der Waals surface area contributed by atoms with Gasteiger partial charge < -0.3 is 19.6 Å². The van der Waals surface area contributed by atoms with Crippen molar-refractivity contribution in [3.63, 3.8) is 0 Å². The molecule has 3 unspecified atom stereocenters. The van der Waals surface area contributed by atoms with Crippen LogP contribution in [-0.2, 0) is 19.1 Å². The van der Waals surface area contributed by atoms with Gasteiger partial charge in [0.05, 0.1) is 29.2 Å². The SMILES string of the molecule is C=CCOC(=O)[C@H]1[C@H]2C(=O)N([C@H](C)CO)C(C(=O)N(CC=C)CCCC)C23CC(Br)[C@@H]1S3. The van der Waals surface area contributed by atoms with E-state index in [9.17, 15) is 19.5 Å². The zero-order chi connectivity index (χ0) is 23.6. The molecule has 3 aliphatic rings. The number of amides is 2. The van der Waals surface area contributed by atoms with Crippen molar-refractivity contribution < 1.29 is 24.2 Å². The topological polar surface area (TPSA) is 87.1 Å². The molecular formula is C23H33BrN2O5S. The predicted molar refractivity (Wildman–Crippen MR) is 128 cm³/mol. The molecule has 0 aromatic heterocycles. The van der Waals surface area contributed by atoms with Gasteiger partial charge in [0, 0.05) is 23.2 Å². The highest BCUT2D eigenvalue weighted by Crippen LogP contribution is 2.68. The van der Waals surface area contributed by atoms with Gasteiger partial charge in [-0.2, -0.15) is 0 Å². The van der Waals surface area contributed by atoms with Gasteiger partial charge in [0.1, 0.15) is 12.6 Å². The summed E-state index contributed by atoms with van der Waals surface area (Å²) in [4.78, 5) is 44.0. The van der Waals surface area contributed by atoms with E-state index in [0.29, 0.717) is 19.5 Å². The fraction of sp³-hybridized carbons (Fsp3) is 0.696. The van der Waals surface area contributed by atoms with Crippen LogP contribution in [0.1, 0.15) is 33.1 Å². The second-order valence-electron chi connectivity index (χ2n) is 8.79. The average molecular weight is 529 g/mol. The van der Waals surface area contributed by atoms with Crippen LogP contribution in [0.4, 0.5) is 0 Å². The number of aliphatic hydroxyl groups excluding tert-OH is 1. The lowest BCUT2D eigenvalue weighted by molar-refractivity contribution is -0.153. The van der Waals surface area contributed by atoms with Gasteiger partial charge in [0.2, 0.25) is 11.8 Å². The largest absolute Gasteiger partial charge is 0.461 e. The van der Waals surface area contributed by atoms with Crippen molar-refractivity contribution in [2.75, 3.05) is 26.3 Å². The van der Waals surface area contributed by atoms with Gasteiger partial charge in [-0.1, -0.05) is 48.0 Å². The maximum Gasteiger partial charge on any atom is 0.311 e. The number of carbonyl (C=O) groups is 3. The molecule has 0 aromatic rings. The number of nitrogens with zero attached hydrogens (tertiary/aromatic N) is 2. The zero-order valence-corrected chi connectivity index (χ0v) is 21.1. The summed E-state index contributed by atoms with van der Waals surface area (Å²) < 4.78 is 4.63. The Morgan fingerprint density at radius 1 is 1.44 bits per heavy atom. The molecular weight excluding hydrogens is 496 g/mol. The van der Waals surface area contributed by atoms with Crippen LogP contribution in [0.5, 0.6) is 0 Å². The van der Waals surface area contributed by atoms with Crippen LogP contribution in [0.25, 0.3) is 0 Å². The lowest BCUT2D eigenvalue weighted by atomic mass is 9.71. The van der Waals surface area contributed by atoms with Gasteiger partial charge in [0.25, 0.3) is 0 Å². The maximum absolute atomic E-state index is 13.9. The molecule has 7 atom stereocenters. The summed E-state index contributed by atoms with van der Waals surface area (Å²) in [5.41, 5.74) is 0. The van der Waals surface area contributed by atoms with Crippen molar-refractivity contribution in [3.05, 3.63) is 25.3 Å². The molecule has 1 spiro atoms. The number of halogens is 1. The van der Waals surface area contributed by atoms with E-state index in [1.54, 1.807) is 29.7 Å². The van der Waals surface area contributed by atoms with Gasteiger partial charge in [0.15, 0.2) is 0 Å². The monoisotopic (exact) mass is 528 g/mol. The molecule has 0 saturated carbocycles. The number of ether oxygens (including phenoxy) is 1. The molecule has 3 rings (SSSR count). The third-order valence-corrected chi connectivity index (χ3v) is 9.98. The zero-order valence-electron chi connectivity index (χ0n) is 18.7. The summed E-state index contributed by atoms with van der Waals surface area (Å²) in [5, 5.41) is 9.77. The highest BCUT2D eigenvalue weighted by atomic mass is 79.9. The number of hydrogen-bond acceptors (Lipinski definition) is 6. The number of fused-ring (bicyclic) bond motifs is 1. The van der Waals surface area contributed by atoms with E-state index in [-0.39, 0.29) is 35.1 Å². The molecule has 0 aliphatic carbocycles. The van der Waals surface area contributed by atoms with E-state index >= 15 is 0 Å². The summed E-state index contributed by atoms with van der Waals surface area (Å²) in [5.74, 6) is -2.09. The van der Waals surface area contributed by atoms with Crippen molar-refractivity contribution >= 4 is 45.5 Å². The Morgan fingerprint density at radius 3 is 2.75 bits per heavy atom. The van der Waals surface area contributed by atoms with Crippen LogP contribution >= 0.6 is 27.7 Å². The highest BCUT2D eigenvalue weighted by molar-refractivity contribution is 9.09. The second kappa shape index (κ2) is 10.3. The minimum absolute atomic E-state index is 0.0130. The number of aliphatic hydroxyl groups is 1. The Kier molecular flexibility index (Phi) is 8.15. The Morgan fingerprint density at radius 2 is 2.16 bits per heavy atom. The van der Waals surface area contributed by atoms with Gasteiger partial charge in [-0.15, -0.1) is 18.3 Å². The van der Waals surface area contributed by atoms with Gasteiger partial charge in [-0.3, -0.25) is 14.4 Å². The third-order valence-electron chi connectivity index (χ3n) is 6.76. The first kappa shape index (κ1) is 25.3. The summed E-state index contributed by atoms with van der Waals surface area (Å²) in [7, 11) is 0. The number of rotatable bonds is 11. The third kappa shape index (κ3) is 4.05. The van der Waals surface area contributed by atoms with Crippen molar-refractivity contribution in [3.8, 4) is 0 Å². The van der Waals surface area contributed by atoms with Crippen LogP contribution in [0.2, 0.25) is 0 Å². The van der Waals surface area contributed by atoms with E-state index in [0.717, 1.165) is 12.8 Å². The summed E-state index contributed by atoms with van der Waals surface area (Å²) in [6.07, 6.45) is 5.58. The van der Waals surface area contributed by atoms with Gasteiger partial charge in [-0.05, 0) is 19.8 Å². The maximum atomic E-state index is 13.9. The van der Waals surface area contributed by atoms with Crippen LogP contribution in [0.15, 0.2) is 25.3 Å². The summed E-state index contributed by atoms with van der Waals surface area (Å²) in [6.45, 7) is 12.0. The van der Waals surface area contributed by atoms with Crippen molar-refractivity contribution in [1.29, 1.82) is 0 Å². The molecule has 7 nitrogen and oxygen atoms in total. The number of thioether (sulfide) groups is 1. The number of esters is 1. The molecule has 0 radical (unpaired) electrons. The first-order valence-corrected chi connectivity index (χ1v) is 13.0. The van der Waals surface area contributed by atoms with Crippen LogP contribution in [0.3, 0.4) is 0 Å². The van der Waals surface area contributed by atoms with Gasteiger partial charge in [-0.25, -0.2) is 0 Å². The standard InChI is InChI=1S/C23H33BrN2O5S/c1-5-8-10-25(9-6-2)21(29)19-23-12-15(24)18(32-23)16(22(30)31-11-7-3)17(23)20(28)26(19)14(4)13-27/h6-7,14-19,27H,2-3,5,8-13H2,1,4H3/t14-,15?,16+,17+,18+,19?,23?/m1/s1. The van der Waals surface area contributed by atoms with E-state index in [4.69, 9.17) is 4.74 Å². The number of alkyl halides is 1. The lowest BCUT2D eigenvalue weighted by Gasteiger charge is -2.39. The van der Waals surface area contributed by atoms with Crippen molar-refractivity contribution in [2.24, 2.45) is 11.8 Å². The minimum Gasteiger partial charge on any atom is -0.461 e. The molecule has 2 amide bonds. The predicted octanol–water partition coefficient (Wildman–Crippen LogP) is 2.38. The van der Waals surface area contributed by atoms with Crippen LogP contribution < -0.4 is 0 Å². The Hall–Kier alpha value is -1.32. The molecule has 3 fully saturated rings. The normalized spacial score (nSPS) is 33.7. The van der Waals surface area contributed by atoms with Crippen LogP contribution in [0, 0.1) is 11.8 Å². The highest BCUT2D eigenvalue weighted by Gasteiger charge is 2.76. The molecule has 3 saturated heterocycles. The smallest absolute Gasteiger partial charge is 0.311 e. The van der Waals surface area contributed by atoms with Crippen LogP contribution in [-0.4, -0.2) is 85.9 Å². The number of hydrogen-bond donors (Lipinski definition) is 1. The molecule has 0 aromatic carbocycles. The average Bonchev–Trinajstić information content (AvgIpc) is 3.37. The van der Waals surface area contributed by atoms with E-state index in [1.807, 2.05) is 0 Å². The number of carbonyl (C=O) groups excluding carboxylic acids is 3. The van der Waals surface area contributed by atoms with Crippen molar-refractivity contribution in [2.45, 2.75) is 60.0 Å². The molecule has 1 N–H and O–H groups in total. The fourth-order valence-electron chi connectivity index (χ4n) is 5.38. The first-order chi connectivity index (χ1) is 15.3. The molecule has 32 heavy (non-hydrogen) atoms. The Bertz CT molecular complexity index is 779. The molecule has 3 aliphatic heterocycles. The Labute approximate surface area is 202 Å². The second-order valence-corrected chi connectivity index (χ2v) is 11.5. The molecule has 9 heteroatoms. The molecule has 178 valence electrons. The summed E-state index contributed by atoms with van der Waals surface area (Å²) in [6, 6.07) is -1.28. The fourth-order valence-corrected chi connectivity index (χ4v) is 8.97. The number of unbranched alkanes of at least 4 members (excludes halogenated alkanes) is 1. The molecule has 3 heterocycles. The Balaban J connectivity index is 2.04. The van der Waals surface area contributed by atoms with E-state index < -0.39 is 34.6 Å². The van der Waals surface area contributed by atoms with Crippen molar-refractivity contribution in [1.82, 2.24) is 9.80 Å². The lowest BCUT2D eigenvalue weighted by Crippen LogP contribution is -2.57. The summed E-state index contributed by atoms with van der Waals surface area (Å²) >= 11 is 5.28. The van der Waals surface area contributed by atoms with Gasteiger partial charge >= 0.3 is 5.97 Å². The number of likely N-dealkylation sites (tertiary alicyclic amines) is 1. The minimum atomic E-state index is -0.744. The van der Waals surface area contributed by atoms with E-state index in [1.165, 1.54) is 11.0 Å².